The van der Waals surface area contributed by atoms with Gasteiger partial charge < -0.3 is 15.3 Å². The molecule has 0 aliphatic carbocycles. The molecule has 0 radical (unpaired) electrons. The molecule has 1 rings (SSSR count). The highest BCUT2D eigenvalue weighted by atomic mass is 16.4. The molecule has 0 aromatic rings. The smallest absolute Gasteiger partial charge is 0.320 e. The first kappa shape index (κ1) is 20.3. The van der Waals surface area contributed by atoms with E-state index in [0.29, 0.717) is 45.7 Å². The van der Waals surface area contributed by atoms with Gasteiger partial charge in [0.2, 0.25) is 0 Å². The van der Waals surface area contributed by atoms with Crippen LogP contribution in [0, 0.1) is 0 Å². The van der Waals surface area contributed by atoms with E-state index in [1.54, 1.807) is 9.80 Å². The van der Waals surface area contributed by atoms with Crippen LogP contribution in [0.1, 0.15) is 19.8 Å². The maximum absolute atomic E-state index is 11.5. The van der Waals surface area contributed by atoms with Crippen LogP contribution in [-0.2, 0) is 14.4 Å². The molecular formula is C15H27N3O6. The third kappa shape index (κ3) is 7.24. The molecule has 3 N–H and O–H groups in total. The molecular weight excluding hydrogens is 318 g/mol. The van der Waals surface area contributed by atoms with Crippen LogP contribution < -0.4 is 0 Å². The number of hydrogen-bond acceptors (Lipinski definition) is 6. The van der Waals surface area contributed by atoms with E-state index in [0.717, 1.165) is 6.42 Å². The molecule has 24 heavy (non-hydrogen) atoms. The Morgan fingerprint density at radius 2 is 1.25 bits per heavy atom. The highest BCUT2D eigenvalue weighted by molar-refractivity contribution is 5.73. The lowest BCUT2D eigenvalue weighted by Crippen LogP contribution is -2.47. The van der Waals surface area contributed by atoms with Gasteiger partial charge in [-0.2, -0.15) is 0 Å². The fourth-order valence-electron chi connectivity index (χ4n) is 2.90. The van der Waals surface area contributed by atoms with Gasteiger partial charge in [0, 0.05) is 39.3 Å². The first-order valence-corrected chi connectivity index (χ1v) is 8.18. The second kappa shape index (κ2) is 10.2. The maximum Gasteiger partial charge on any atom is 0.320 e. The van der Waals surface area contributed by atoms with Crippen LogP contribution in [0.3, 0.4) is 0 Å². The number of nitrogens with zero attached hydrogens (tertiary/aromatic N) is 3. The van der Waals surface area contributed by atoms with Crippen molar-refractivity contribution in [1.29, 1.82) is 0 Å². The molecule has 0 amide bonds. The summed E-state index contributed by atoms with van der Waals surface area (Å²) < 4.78 is 0. The standard InChI is InChI=1S/C15H27N3O6/c1-2-3-12(15(23)24)18-8-6-16(10-13(19)20)4-5-17(7-9-18)11-14(21)22/h12H,2-11H2,1H3,(H,19,20)(H,21,22)(H,23,24). The van der Waals surface area contributed by atoms with Gasteiger partial charge in [0.1, 0.15) is 6.04 Å². The number of carboxylic acid groups (broad SMARTS) is 3. The Balaban J connectivity index is 2.86. The van der Waals surface area contributed by atoms with Gasteiger partial charge in [0.15, 0.2) is 0 Å². The summed E-state index contributed by atoms with van der Waals surface area (Å²) in [4.78, 5) is 38.8. The molecule has 9 nitrogen and oxygen atoms in total. The summed E-state index contributed by atoms with van der Waals surface area (Å²) in [5.41, 5.74) is 0. The van der Waals surface area contributed by atoms with E-state index >= 15 is 0 Å². The van der Waals surface area contributed by atoms with Crippen LogP contribution in [0.5, 0.6) is 0 Å². The second-order valence-corrected chi connectivity index (χ2v) is 6.02. The molecule has 1 saturated heterocycles. The molecule has 0 bridgehead atoms. The Labute approximate surface area is 141 Å². The summed E-state index contributed by atoms with van der Waals surface area (Å²) in [5, 5.41) is 27.5. The SMILES string of the molecule is CCCC(C(=O)O)N1CCN(CC(=O)O)CCN(CC(=O)O)CC1. The van der Waals surface area contributed by atoms with Crippen molar-refractivity contribution in [2.75, 3.05) is 52.4 Å². The topological polar surface area (TPSA) is 122 Å². The lowest BCUT2D eigenvalue weighted by atomic mass is 10.1. The minimum absolute atomic E-state index is 0.139. The summed E-state index contributed by atoms with van der Waals surface area (Å²) in [6, 6.07) is -0.633. The molecule has 1 heterocycles. The first-order chi connectivity index (χ1) is 11.3. The summed E-state index contributed by atoms with van der Waals surface area (Å²) >= 11 is 0. The maximum atomic E-state index is 11.5. The molecule has 0 aromatic carbocycles. The molecule has 0 spiro atoms. The van der Waals surface area contributed by atoms with Gasteiger partial charge in [-0.3, -0.25) is 29.1 Å². The van der Waals surface area contributed by atoms with E-state index in [4.69, 9.17) is 10.2 Å². The van der Waals surface area contributed by atoms with Crippen molar-refractivity contribution < 1.29 is 29.7 Å². The number of carboxylic acids is 3. The zero-order valence-electron chi connectivity index (χ0n) is 14.1. The van der Waals surface area contributed by atoms with Crippen LogP contribution >= 0.6 is 0 Å². The van der Waals surface area contributed by atoms with Gasteiger partial charge in [0.25, 0.3) is 0 Å². The van der Waals surface area contributed by atoms with E-state index in [-0.39, 0.29) is 13.1 Å². The molecule has 1 aliphatic rings. The zero-order valence-corrected chi connectivity index (χ0v) is 14.1. The van der Waals surface area contributed by atoms with Gasteiger partial charge in [-0.15, -0.1) is 0 Å². The Hall–Kier alpha value is -1.71. The van der Waals surface area contributed by atoms with E-state index in [1.165, 1.54) is 0 Å². The summed E-state index contributed by atoms with van der Waals surface area (Å²) in [5.74, 6) is -2.80. The normalized spacial score (nSPS) is 19.9. The average molecular weight is 345 g/mol. The zero-order chi connectivity index (χ0) is 18.1. The average Bonchev–Trinajstić information content (AvgIpc) is 2.56. The third-order valence-corrected chi connectivity index (χ3v) is 4.15. The van der Waals surface area contributed by atoms with E-state index in [2.05, 4.69) is 0 Å². The van der Waals surface area contributed by atoms with Crippen molar-refractivity contribution in [1.82, 2.24) is 14.7 Å². The number of aliphatic carboxylic acids is 3. The Kier molecular flexibility index (Phi) is 8.66. The van der Waals surface area contributed by atoms with Crippen LogP contribution in [0.4, 0.5) is 0 Å². The first-order valence-electron chi connectivity index (χ1n) is 8.18. The molecule has 0 saturated carbocycles. The molecule has 9 heteroatoms. The fraction of sp³-hybridized carbons (Fsp3) is 0.800. The minimum Gasteiger partial charge on any atom is -0.480 e. The molecule has 138 valence electrons. The number of carbonyl (C=O) groups is 3. The predicted molar refractivity (Wildman–Crippen MR) is 86.1 cm³/mol. The highest BCUT2D eigenvalue weighted by Crippen LogP contribution is 2.10. The van der Waals surface area contributed by atoms with Crippen LogP contribution in [-0.4, -0.2) is 106 Å². The lowest BCUT2D eigenvalue weighted by molar-refractivity contribution is -0.144. The van der Waals surface area contributed by atoms with Gasteiger partial charge in [-0.1, -0.05) is 13.3 Å². The van der Waals surface area contributed by atoms with Crippen molar-refractivity contribution in [3.05, 3.63) is 0 Å². The van der Waals surface area contributed by atoms with Crippen molar-refractivity contribution >= 4 is 17.9 Å². The number of hydrogen-bond donors (Lipinski definition) is 3. The van der Waals surface area contributed by atoms with Crippen molar-refractivity contribution in [2.45, 2.75) is 25.8 Å². The molecule has 0 aromatic heterocycles. The summed E-state index contributed by atoms with van der Waals surface area (Å²) in [7, 11) is 0. The molecule has 1 unspecified atom stereocenters. The monoisotopic (exact) mass is 345 g/mol. The Morgan fingerprint density at radius 3 is 1.58 bits per heavy atom. The second-order valence-electron chi connectivity index (χ2n) is 6.02. The Morgan fingerprint density at radius 1 is 0.833 bits per heavy atom. The van der Waals surface area contributed by atoms with Gasteiger partial charge in [0.05, 0.1) is 13.1 Å². The van der Waals surface area contributed by atoms with Crippen molar-refractivity contribution in [3.63, 3.8) is 0 Å². The summed E-state index contributed by atoms with van der Waals surface area (Å²) in [6.45, 7) is 4.32. The third-order valence-electron chi connectivity index (χ3n) is 4.15. The minimum atomic E-state index is -0.950. The summed E-state index contributed by atoms with van der Waals surface area (Å²) in [6.07, 6.45) is 1.23. The largest absolute Gasteiger partial charge is 0.480 e. The van der Waals surface area contributed by atoms with Crippen LogP contribution in [0.2, 0.25) is 0 Å². The van der Waals surface area contributed by atoms with E-state index < -0.39 is 23.9 Å². The highest BCUT2D eigenvalue weighted by Gasteiger charge is 2.27. The predicted octanol–water partition coefficient (Wildman–Crippen LogP) is -0.671. The van der Waals surface area contributed by atoms with E-state index in [1.807, 2.05) is 11.8 Å². The van der Waals surface area contributed by atoms with Gasteiger partial charge >= 0.3 is 17.9 Å². The quantitative estimate of drug-likeness (QED) is 0.525. The molecule has 1 fully saturated rings. The molecule has 1 atom stereocenters. The van der Waals surface area contributed by atoms with Crippen molar-refractivity contribution in [2.24, 2.45) is 0 Å². The van der Waals surface area contributed by atoms with Crippen LogP contribution in [0.25, 0.3) is 0 Å². The fourth-order valence-corrected chi connectivity index (χ4v) is 2.90. The number of rotatable bonds is 8. The molecule has 1 aliphatic heterocycles. The van der Waals surface area contributed by atoms with Crippen LogP contribution in [0.15, 0.2) is 0 Å². The van der Waals surface area contributed by atoms with Gasteiger partial charge in [-0.25, -0.2) is 0 Å². The Bertz CT molecular complexity index is 417. The lowest BCUT2D eigenvalue weighted by Gasteiger charge is -2.30. The van der Waals surface area contributed by atoms with Gasteiger partial charge in [-0.05, 0) is 6.42 Å². The van der Waals surface area contributed by atoms with Crippen molar-refractivity contribution in [3.8, 4) is 0 Å². The van der Waals surface area contributed by atoms with E-state index in [9.17, 15) is 19.5 Å².